The summed E-state index contributed by atoms with van der Waals surface area (Å²) in [5.41, 5.74) is 0. The molecule has 0 radical (unpaired) electrons. The highest BCUT2D eigenvalue weighted by atomic mass is 79.9. The van der Waals surface area contributed by atoms with Crippen molar-refractivity contribution < 1.29 is 13.5 Å². The maximum Gasteiger partial charge on any atom is 0.252 e. The molecule has 1 heterocycles. The third-order valence-corrected chi connectivity index (χ3v) is 7.21. The molecule has 0 aliphatic heterocycles. The molecule has 0 spiro atoms. The number of halogens is 1. The third-order valence-electron chi connectivity index (χ3n) is 3.16. The van der Waals surface area contributed by atoms with E-state index < -0.39 is 10.0 Å². The first kappa shape index (κ1) is 14.5. The zero-order chi connectivity index (χ0) is 13.2. The van der Waals surface area contributed by atoms with Crippen LogP contribution in [0.2, 0.25) is 0 Å². The van der Waals surface area contributed by atoms with Crippen LogP contribution in [-0.4, -0.2) is 37.0 Å². The summed E-state index contributed by atoms with van der Waals surface area (Å²) in [4.78, 5) is 0. The fourth-order valence-corrected chi connectivity index (χ4v) is 6.16. The van der Waals surface area contributed by atoms with Crippen molar-refractivity contribution in [1.29, 1.82) is 0 Å². The van der Waals surface area contributed by atoms with E-state index in [-0.39, 0.29) is 19.2 Å². The summed E-state index contributed by atoms with van der Waals surface area (Å²) in [6.45, 7) is 0.0464. The number of rotatable bonds is 5. The Balaban J connectivity index is 2.28. The molecule has 1 aromatic rings. The highest BCUT2D eigenvalue weighted by Gasteiger charge is 2.33. The Morgan fingerprint density at radius 3 is 2.56 bits per heavy atom. The first-order valence-electron chi connectivity index (χ1n) is 5.94. The van der Waals surface area contributed by atoms with E-state index in [1.807, 2.05) is 0 Å². The number of nitrogens with zero attached hydrogens (tertiary/aromatic N) is 1. The Labute approximate surface area is 120 Å². The Bertz CT molecular complexity index is 494. The normalized spacial score (nSPS) is 17.7. The van der Waals surface area contributed by atoms with Crippen LogP contribution in [0.3, 0.4) is 0 Å². The van der Waals surface area contributed by atoms with Gasteiger partial charge in [-0.05, 0) is 40.9 Å². The molecule has 0 atom stereocenters. The summed E-state index contributed by atoms with van der Waals surface area (Å²) >= 11 is 4.50. The van der Waals surface area contributed by atoms with Crippen molar-refractivity contribution in [2.75, 3.05) is 13.2 Å². The van der Waals surface area contributed by atoms with Crippen LogP contribution in [0.1, 0.15) is 25.7 Å². The molecule has 1 N–H and O–H groups in total. The second-order valence-corrected chi connectivity index (χ2v) is 8.92. The van der Waals surface area contributed by atoms with Gasteiger partial charge >= 0.3 is 0 Å². The standard InChI is InChI=1S/C11H16BrNO3S2/c12-10-5-6-11(17-10)18(15,16)13(7-8-14)9-3-1-2-4-9/h5-6,9,14H,1-4,7-8H2. The van der Waals surface area contributed by atoms with E-state index in [0.717, 1.165) is 29.5 Å². The molecule has 1 aliphatic rings. The summed E-state index contributed by atoms with van der Waals surface area (Å²) in [5, 5.41) is 9.10. The zero-order valence-corrected chi connectivity index (χ0v) is 13.1. The number of aliphatic hydroxyl groups excluding tert-OH is 1. The minimum atomic E-state index is -3.46. The SMILES string of the molecule is O=S(=O)(c1ccc(Br)s1)N(CCO)C1CCCC1. The van der Waals surface area contributed by atoms with Crippen molar-refractivity contribution in [2.45, 2.75) is 35.9 Å². The summed E-state index contributed by atoms with van der Waals surface area (Å²) in [5.74, 6) is 0. The van der Waals surface area contributed by atoms with Gasteiger partial charge in [0.1, 0.15) is 4.21 Å². The Morgan fingerprint density at radius 1 is 1.39 bits per heavy atom. The molecule has 7 heteroatoms. The summed E-state index contributed by atoms with van der Waals surface area (Å²) in [7, 11) is -3.46. The van der Waals surface area contributed by atoms with Crippen LogP contribution < -0.4 is 0 Å². The number of aliphatic hydroxyl groups is 1. The monoisotopic (exact) mass is 353 g/mol. The molecule has 1 aliphatic carbocycles. The van der Waals surface area contributed by atoms with Gasteiger partial charge in [0, 0.05) is 12.6 Å². The summed E-state index contributed by atoms with van der Waals surface area (Å²) in [6.07, 6.45) is 3.92. The summed E-state index contributed by atoms with van der Waals surface area (Å²) < 4.78 is 27.7. The van der Waals surface area contributed by atoms with Crippen LogP contribution in [0.4, 0.5) is 0 Å². The molecule has 0 amide bonds. The Hall–Kier alpha value is 0.0500. The third kappa shape index (κ3) is 2.96. The molecule has 0 aromatic carbocycles. The molecule has 2 rings (SSSR count). The van der Waals surface area contributed by atoms with Crippen molar-refractivity contribution in [2.24, 2.45) is 0 Å². The molecule has 1 saturated carbocycles. The van der Waals surface area contributed by atoms with Crippen LogP contribution in [0.5, 0.6) is 0 Å². The zero-order valence-electron chi connectivity index (χ0n) is 9.88. The smallest absolute Gasteiger partial charge is 0.252 e. The highest BCUT2D eigenvalue weighted by Crippen LogP contribution is 2.32. The second-order valence-electron chi connectivity index (χ2n) is 4.34. The molecule has 18 heavy (non-hydrogen) atoms. The molecular formula is C11H16BrNO3S2. The predicted molar refractivity (Wildman–Crippen MR) is 75.3 cm³/mol. The predicted octanol–water partition coefficient (Wildman–Crippen LogP) is 2.44. The minimum Gasteiger partial charge on any atom is -0.395 e. The largest absolute Gasteiger partial charge is 0.395 e. The van der Waals surface area contributed by atoms with Gasteiger partial charge in [0.25, 0.3) is 10.0 Å². The van der Waals surface area contributed by atoms with Crippen molar-refractivity contribution >= 4 is 37.3 Å². The molecule has 1 aromatic heterocycles. The van der Waals surface area contributed by atoms with E-state index in [4.69, 9.17) is 5.11 Å². The lowest BCUT2D eigenvalue weighted by Crippen LogP contribution is -2.40. The summed E-state index contributed by atoms with van der Waals surface area (Å²) in [6, 6.07) is 3.40. The van der Waals surface area contributed by atoms with Gasteiger partial charge in [-0.15, -0.1) is 11.3 Å². The van der Waals surface area contributed by atoms with Gasteiger partial charge in [-0.1, -0.05) is 12.8 Å². The first-order valence-corrected chi connectivity index (χ1v) is 8.98. The first-order chi connectivity index (χ1) is 8.55. The van der Waals surface area contributed by atoms with Gasteiger partial charge < -0.3 is 5.11 Å². The molecule has 0 unspecified atom stereocenters. The van der Waals surface area contributed by atoms with Crippen LogP contribution >= 0.6 is 27.3 Å². The van der Waals surface area contributed by atoms with Crippen molar-refractivity contribution in [1.82, 2.24) is 4.31 Å². The average Bonchev–Trinajstić information content (AvgIpc) is 2.96. The molecule has 0 bridgehead atoms. The average molecular weight is 354 g/mol. The van der Waals surface area contributed by atoms with Crippen molar-refractivity contribution in [3.63, 3.8) is 0 Å². The lowest BCUT2D eigenvalue weighted by atomic mass is 10.2. The van der Waals surface area contributed by atoms with Gasteiger partial charge in [-0.2, -0.15) is 4.31 Å². The molecular weight excluding hydrogens is 338 g/mol. The van der Waals surface area contributed by atoms with Crippen LogP contribution in [0, 0.1) is 0 Å². The van der Waals surface area contributed by atoms with Crippen LogP contribution in [-0.2, 0) is 10.0 Å². The lowest BCUT2D eigenvalue weighted by molar-refractivity contribution is 0.226. The number of hydrogen-bond donors (Lipinski definition) is 1. The number of sulfonamides is 1. The Morgan fingerprint density at radius 2 is 2.06 bits per heavy atom. The minimum absolute atomic E-state index is 0.0445. The van der Waals surface area contributed by atoms with Crippen LogP contribution in [0.25, 0.3) is 0 Å². The van der Waals surface area contributed by atoms with E-state index >= 15 is 0 Å². The van der Waals surface area contributed by atoms with E-state index in [9.17, 15) is 8.42 Å². The van der Waals surface area contributed by atoms with Gasteiger partial charge in [0.2, 0.25) is 0 Å². The quantitative estimate of drug-likeness (QED) is 0.884. The van der Waals surface area contributed by atoms with E-state index in [1.165, 1.54) is 15.6 Å². The second kappa shape index (κ2) is 6.00. The molecule has 0 saturated heterocycles. The van der Waals surface area contributed by atoms with Crippen LogP contribution in [0.15, 0.2) is 20.1 Å². The fourth-order valence-electron chi connectivity index (χ4n) is 2.34. The lowest BCUT2D eigenvalue weighted by Gasteiger charge is -2.26. The molecule has 102 valence electrons. The van der Waals surface area contributed by atoms with Gasteiger partial charge in [0.15, 0.2) is 0 Å². The molecule has 1 fully saturated rings. The maximum absolute atomic E-state index is 12.5. The topological polar surface area (TPSA) is 57.6 Å². The van der Waals surface area contributed by atoms with Gasteiger partial charge in [0.05, 0.1) is 10.4 Å². The number of hydrogen-bond acceptors (Lipinski definition) is 4. The van der Waals surface area contributed by atoms with Crippen molar-refractivity contribution in [3.8, 4) is 0 Å². The fraction of sp³-hybridized carbons (Fsp3) is 0.636. The van der Waals surface area contributed by atoms with E-state index in [0.29, 0.717) is 4.21 Å². The maximum atomic E-state index is 12.5. The van der Waals surface area contributed by atoms with Gasteiger partial charge in [-0.3, -0.25) is 0 Å². The van der Waals surface area contributed by atoms with Crippen molar-refractivity contribution in [3.05, 3.63) is 15.9 Å². The highest BCUT2D eigenvalue weighted by molar-refractivity contribution is 9.11. The number of thiophene rings is 1. The van der Waals surface area contributed by atoms with E-state index in [2.05, 4.69) is 15.9 Å². The van der Waals surface area contributed by atoms with E-state index in [1.54, 1.807) is 12.1 Å². The molecule has 4 nitrogen and oxygen atoms in total. The Kier molecular flexibility index (Phi) is 4.82. The van der Waals surface area contributed by atoms with Gasteiger partial charge in [-0.25, -0.2) is 8.42 Å².